The lowest BCUT2D eigenvalue weighted by atomic mass is 9.93. The second-order valence-electron chi connectivity index (χ2n) is 5.42. The molecule has 0 amide bonds. The molecule has 0 unspecified atom stereocenters. The summed E-state index contributed by atoms with van der Waals surface area (Å²) in [4.78, 5) is 6.46. The molecule has 2 heterocycles. The summed E-state index contributed by atoms with van der Waals surface area (Å²) < 4.78 is 7.45. The maximum Gasteiger partial charge on any atom is 0.0949 e. The molecule has 1 aromatic rings. The summed E-state index contributed by atoms with van der Waals surface area (Å²) in [6.45, 7) is 8.04. The average molecular weight is 267 g/mol. The van der Waals surface area contributed by atoms with Crippen molar-refractivity contribution in [2.75, 3.05) is 32.8 Å². The zero-order valence-electron chi connectivity index (χ0n) is 11.9. The van der Waals surface area contributed by atoms with Crippen LogP contribution < -0.4 is 0 Å². The zero-order chi connectivity index (χ0) is 13.7. The van der Waals surface area contributed by atoms with E-state index in [9.17, 15) is 5.11 Å². The molecule has 0 aromatic carbocycles. The van der Waals surface area contributed by atoms with E-state index in [1.54, 1.807) is 0 Å². The summed E-state index contributed by atoms with van der Waals surface area (Å²) in [6.07, 6.45) is 6.51. The highest BCUT2D eigenvalue weighted by Gasteiger charge is 2.28. The Morgan fingerprint density at radius 3 is 3.05 bits per heavy atom. The third-order valence-corrected chi connectivity index (χ3v) is 3.89. The van der Waals surface area contributed by atoms with Crippen molar-refractivity contribution in [2.45, 2.75) is 32.4 Å². The number of aliphatic hydroxyl groups is 1. The Balaban J connectivity index is 1.87. The third kappa shape index (κ3) is 4.03. The molecule has 0 spiro atoms. The van der Waals surface area contributed by atoms with Crippen molar-refractivity contribution >= 4 is 0 Å². The minimum Gasteiger partial charge on any atom is -0.389 e. The van der Waals surface area contributed by atoms with Crippen LogP contribution in [-0.2, 0) is 4.74 Å². The van der Waals surface area contributed by atoms with Crippen molar-refractivity contribution < 1.29 is 9.84 Å². The van der Waals surface area contributed by atoms with E-state index in [2.05, 4.69) is 21.4 Å². The van der Waals surface area contributed by atoms with Crippen LogP contribution in [0.4, 0.5) is 0 Å². The molecule has 3 atom stereocenters. The summed E-state index contributed by atoms with van der Waals surface area (Å²) >= 11 is 0. The number of ether oxygens (including phenoxy) is 1. The summed E-state index contributed by atoms with van der Waals surface area (Å²) in [7, 11) is 0. The Morgan fingerprint density at radius 2 is 2.37 bits per heavy atom. The summed E-state index contributed by atoms with van der Waals surface area (Å²) in [6, 6.07) is 0.454. The number of aromatic nitrogens is 2. The Labute approximate surface area is 115 Å². The van der Waals surface area contributed by atoms with Crippen LogP contribution >= 0.6 is 0 Å². The van der Waals surface area contributed by atoms with Gasteiger partial charge in [0.15, 0.2) is 0 Å². The molecule has 0 radical (unpaired) electrons. The molecule has 108 valence electrons. The largest absolute Gasteiger partial charge is 0.389 e. The van der Waals surface area contributed by atoms with Crippen LogP contribution in [0.25, 0.3) is 0 Å². The summed E-state index contributed by atoms with van der Waals surface area (Å²) in [5.41, 5.74) is 0. The van der Waals surface area contributed by atoms with Gasteiger partial charge in [0.2, 0.25) is 0 Å². The van der Waals surface area contributed by atoms with Gasteiger partial charge in [0, 0.05) is 38.1 Å². The van der Waals surface area contributed by atoms with Crippen LogP contribution in [0, 0.1) is 5.92 Å². The Hall–Kier alpha value is -0.910. The van der Waals surface area contributed by atoms with Crippen LogP contribution in [0.3, 0.4) is 0 Å². The van der Waals surface area contributed by atoms with Crippen LogP contribution in [0.15, 0.2) is 18.7 Å². The van der Waals surface area contributed by atoms with Crippen molar-refractivity contribution in [1.29, 1.82) is 0 Å². The topological polar surface area (TPSA) is 50.5 Å². The SMILES string of the molecule is CCOC[C@H](O)CN1CC[C@@H](C)[C@H](n2ccnc2)C1. The van der Waals surface area contributed by atoms with Gasteiger partial charge in [-0.1, -0.05) is 6.92 Å². The van der Waals surface area contributed by atoms with Gasteiger partial charge < -0.3 is 14.4 Å². The molecule has 0 bridgehead atoms. The van der Waals surface area contributed by atoms with E-state index < -0.39 is 6.10 Å². The fraction of sp³-hybridized carbons (Fsp3) is 0.786. The van der Waals surface area contributed by atoms with E-state index in [-0.39, 0.29) is 0 Å². The minimum absolute atomic E-state index is 0.392. The van der Waals surface area contributed by atoms with Crippen molar-refractivity contribution in [1.82, 2.24) is 14.5 Å². The molecule has 1 aliphatic heterocycles. The van der Waals surface area contributed by atoms with E-state index >= 15 is 0 Å². The highest BCUT2D eigenvalue weighted by atomic mass is 16.5. The number of piperidine rings is 1. The maximum atomic E-state index is 9.93. The van der Waals surface area contributed by atoms with Gasteiger partial charge in [0.1, 0.15) is 0 Å². The van der Waals surface area contributed by atoms with Gasteiger partial charge in [0.05, 0.1) is 19.0 Å². The summed E-state index contributed by atoms with van der Waals surface area (Å²) in [5, 5.41) is 9.93. The van der Waals surface area contributed by atoms with Crippen LogP contribution in [0.5, 0.6) is 0 Å². The Kier molecular flexibility index (Phi) is 5.36. The van der Waals surface area contributed by atoms with E-state index in [0.29, 0.717) is 31.7 Å². The Morgan fingerprint density at radius 1 is 1.53 bits per heavy atom. The van der Waals surface area contributed by atoms with Crippen LogP contribution in [-0.4, -0.2) is 58.5 Å². The van der Waals surface area contributed by atoms with E-state index in [4.69, 9.17) is 4.74 Å². The van der Waals surface area contributed by atoms with Crippen molar-refractivity contribution in [3.8, 4) is 0 Å². The number of nitrogens with zero attached hydrogens (tertiary/aromatic N) is 3. The molecular weight excluding hydrogens is 242 g/mol. The van der Waals surface area contributed by atoms with Gasteiger partial charge in [-0.25, -0.2) is 4.98 Å². The van der Waals surface area contributed by atoms with Crippen molar-refractivity contribution in [2.24, 2.45) is 5.92 Å². The predicted molar refractivity (Wildman–Crippen MR) is 74.0 cm³/mol. The van der Waals surface area contributed by atoms with E-state index in [0.717, 1.165) is 19.5 Å². The normalized spacial score (nSPS) is 26.5. The lowest BCUT2D eigenvalue weighted by Crippen LogP contribution is -2.44. The monoisotopic (exact) mass is 267 g/mol. The maximum absolute atomic E-state index is 9.93. The van der Waals surface area contributed by atoms with Gasteiger partial charge in [-0.3, -0.25) is 4.90 Å². The fourth-order valence-electron chi connectivity index (χ4n) is 2.74. The molecule has 1 saturated heterocycles. The minimum atomic E-state index is -0.392. The molecule has 0 saturated carbocycles. The quantitative estimate of drug-likeness (QED) is 0.840. The molecule has 19 heavy (non-hydrogen) atoms. The van der Waals surface area contributed by atoms with Crippen LogP contribution in [0.1, 0.15) is 26.3 Å². The van der Waals surface area contributed by atoms with Gasteiger partial charge in [-0.2, -0.15) is 0 Å². The first-order valence-corrected chi connectivity index (χ1v) is 7.16. The number of β-amino-alcohol motifs (C(OH)–C–C–N with tert-alkyl or cyclic N) is 1. The third-order valence-electron chi connectivity index (χ3n) is 3.89. The summed E-state index contributed by atoms with van der Waals surface area (Å²) in [5.74, 6) is 0.648. The molecule has 5 nitrogen and oxygen atoms in total. The lowest BCUT2D eigenvalue weighted by Gasteiger charge is -2.38. The van der Waals surface area contributed by atoms with Gasteiger partial charge in [0.25, 0.3) is 0 Å². The number of likely N-dealkylation sites (tertiary alicyclic amines) is 1. The first-order valence-electron chi connectivity index (χ1n) is 7.16. The highest BCUT2D eigenvalue weighted by Crippen LogP contribution is 2.27. The van der Waals surface area contributed by atoms with E-state index in [1.807, 2.05) is 25.6 Å². The second kappa shape index (κ2) is 7.03. The lowest BCUT2D eigenvalue weighted by molar-refractivity contribution is 0.00858. The van der Waals surface area contributed by atoms with Gasteiger partial charge in [-0.15, -0.1) is 0 Å². The smallest absolute Gasteiger partial charge is 0.0949 e. The first kappa shape index (κ1) is 14.5. The molecule has 1 fully saturated rings. The average Bonchev–Trinajstić information content (AvgIpc) is 2.92. The molecule has 1 aromatic heterocycles. The molecule has 1 aliphatic rings. The van der Waals surface area contributed by atoms with Crippen molar-refractivity contribution in [3.63, 3.8) is 0 Å². The molecule has 2 rings (SSSR count). The second-order valence-corrected chi connectivity index (χ2v) is 5.42. The fourth-order valence-corrected chi connectivity index (χ4v) is 2.74. The standard InChI is InChI=1S/C14H25N3O2/c1-3-19-10-13(18)8-16-6-4-12(2)14(9-16)17-7-5-15-11-17/h5,7,11-14,18H,3-4,6,8-10H2,1-2H3/t12-,13-,14-/m1/s1. The predicted octanol–water partition coefficient (Wildman–Crippen LogP) is 1.16. The number of imidazole rings is 1. The Bertz CT molecular complexity index is 356. The molecule has 1 N–H and O–H groups in total. The zero-order valence-corrected chi connectivity index (χ0v) is 11.9. The first-order chi connectivity index (χ1) is 9.20. The van der Waals surface area contributed by atoms with Crippen LogP contribution in [0.2, 0.25) is 0 Å². The number of aliphatic hydroxyl groups excluding tert-OH is 1. The molecule has 5 heteroatoms. The van der Waals surface area contributed by atoms with Crippen molar-refractivity contribution in [3.05, 3.63) is 18.7 Å². The number of rotatable bonds is 6. The molecular formula is C14H25N3O2. The van der Waals surface area contributed by atoms with Gasteiger partial charge >= 0.3 is 0 Å². The molecule has 0 aliphatic carbocycles. The van der Waals surface area contributed by atoms with E-state index in [1.165, 1.54) is 0 Å². The highest BCUT2D eigenvalue weighted by molar-refractivity contribution is 4.88. The van der Waals surface area contributed by atoms with Gasteiger partial charge in [-0.05, 0) is 25.8 Å². The number of hydrogen-bond acceptors (Lipinski definition) is 4. The number of hydrogen-bond donors (Lipinski definition) is 1.